The van der Waals surface area contributed by atoms with E-state index in [-0.39, 0.29) is 5.82 Å². The van der Waals surface area contributed by atoms with Crippen LogP contribution in [0.15, 0.2) is 40.9 Å². The van der Waals surface area contributed by atoms with Gasteiger partial charge >= 0.3 is 0 Å². The highest BCUT2D eigenvalue weighted by atomic mass is 79.9. The molecule has 4 heteroatoms. The number of hydrogen-bond acceptors (Lipinski definition) is 2. The van der Waals surface area contributed by atoms with Crippen molar-refractivity contribution < 1.29 is 4.39 Å². The van der Waals surface area contributed by atoms with Gasteiger partial charge in [0.2, 0.25) is 0 Å². The van der Waals surface area contributed by atoms with Gasteiger partial charge in [0.15, 0.2) is 0 Å². The maximum atomic E-state index is 13.4. The van der Waals surface area contributed by atoms with Crippen LogP contribution in [0, 0.1) is 5.82 Å². The Kier molecular flexibility index (Phi) is 3.29. The Labute approximate surface area is 120 Å². The third-order valence-corrected chi connectivity index (χ3v) is 3.87. The van der Waals surface area contributed by atoms with Gasteiger partial charge < -0.3 is 5.73 Å². The van der Waals surface area contributed by atoms with Gasteiger partial charge in [0, 0.05) is 29.8 Å². The van der Waals surface area contributed by atoms with Gasteiger partial charge in [-0.2, -0.15) is 0 Å². The average molecular weight is 321 g/mol. The van der Waals surface area contributed by atoms with E-state index in [1.807, 2.05) is 18.2 Å². The maximum Gasteiger partial charge on any atom is 0.124 e. The molecule has 2 N–H and O–H groups in total. The zero-order valence-corrected chi connectivity index (χ0v) is 12.0. The van der Waals surface area contributed by atoms with Gasteiger partial charge in [-0.1, -0.05) is 28.1 Å². The number of nitrogens with zero attached hydrogens (tertiary/aromatic N) is 1. The summed E-state index contributed by atoms with van der Waals surface area (Å²) in [6, 6.07) is 11.0. The second-order valence-corrected chi connectivity index (χ2v) is 5.82. The van der Waals surface area contributed by atoms with Gasteiger partial charge in [-0.05, 0) is 41.0 Å². The number of anilines is 1. The monoisotopic (exact) mass is 320 g/mol. The summed E-state index contributed by atoms with van der Waals surface area (Å²) in [5.41, 5.74) is 10.3. The second-order valence-electron chi connectivity index (χ2n) is 4.91. The summed E-state index contributed by atoms with van der Waals surface area (Å²) in [6.07, 6.45) is 0. The number of nitrogens with two attached hydrogens (primary N) is 1. The predicted octanol–water partition coefficient (Wildman–Crippen LogP) is 3.69. The molecule has 0 spiro atoms. The molecule has 1 heterocycles. The maximum absolute atomic E-state index is 13.4. The first-order valence-corrected chi connectivity index (χ1v) is 6.95. The summed E-state index contributed by atoms with van der Waals surface area (Å²) in [7, 11) is 0. The number of halogens is 2. The van der Waals surface area contributed by atoms with Crippen LogP contribution in [-0.2, 0) is 19.6 Å². The Bertz CT molecular complexity index is 607. The van der Waals surface area contributed by atoms with Crippen molar-refractivity contribution in [3.05, 3.63) is 63.4 Å². The van der Waals surface area contributed by atoms with Crippen LogP contribution in [0.1, 0.15) is 16.7 Å². The highest BCUT2D eigenvalue weighted by molar-refractivity contribution is 9.10. The van der Waals surface area contributed by atoms with Gasteiger partial charge in [-0.15, -0.1) is 0 Å². The molecule has 0 saturated carbocycles. The molecule has 0 saturated heterocycles. The van der Waals surface area contributed by atoms with E-state index >= 15 is 0 Å². The molecule has 0 atom stereocenters. The first kappa shape index (κ1) is 12.6. The molecule has 2 aromatic rings. The van der Waals surface area contributed by atoms with E-state index in [2.05, 4.69) is 26.9 Å². The first-order valence-electron chi connectivity index (χ1n) is 6.15. The third-order valence-electron chi connectivity index (χ3n) is 3.41. The zero-order chi connectivity index (χ0) is 13.4. The Morgan fingerprint density at radius 3 is 2.79 bits per heavy atom. The van der Waals surface area contributed by atoms with Crippen molar-refractivity contribution in [2.75, 3.05) is 5.73 Å². The van der Waals surface area contributed by atoms with Gasteiger partial charge in [0.05, 0.1) is 0 Å². The Balaban J connectivity index is 1.79. The summed E-state index contributed by atoms with van der Waals surface area (Å²) in [6.45, 7) is 2.43. The van der Waals surface area contributed by atoms with Crippen LogP contribution in [0.2, 0.25) is 0 Å². The minimum absolute atomic E-state index is 0.208. The molecule has 2 aromatic carbocycles. The van der Waals surface area contributed by atoms with Crippen molar-refractivity contribution in [2.45, 2.75) is 19.6 Å². The van der Waals surface area contributed by atoms with Crippen molar-refractivity contribution >= 4 is 21.6 Å². The van der Waals surface area contributed by atoms with E-state index in [0.29, 0.717) is 0 Å². The number of hydrogen-bond donors (Lipinski definition) is 1. The van der Waals surface area contributed by atoms with Gasteiger partial charge in [0.25, 0.3) is 0 Å². The lowest BCUT2D eigenvalue weighted by atomic mass is 10.1. The molecule has 98 valence electrons. The predicted molar refractivity (Wildman–Crippen MR) is 77.9 cm³/mol. The number of rotatable bonds is 2. The minimum atomic E-state index is -0.208. The molecule has 19 heavy (non-hydrogen) atoms. The van der Waals surface area contributed by atoms with Crippen molar-refractivity contribution in [3.8, 4) is 0 Å². The first-order chi connectivity index (χ1) is 9.11. The zero-order valence-electron chi connectivity index (χ0n) is 10.4. The van der Waals surface area contributed by atoms with Gasteiger partial charge in [-0.3, -0.25) is 4.90 Å². The summed E-state index contributed by atoms with van der Waals surface area (Å²) < 4.78 is 14.1. The molecular formula is C15H14BrFN2. The van der Waals surface area contributed by atoms with E-state index < -0.39 is 0 Å². The quantitative estimate of drug-likeness (QED) is 0.855. The van der Waals surface area contributed by atoms with Crippen molar-refractivity contribution in [3.63, 3.8) is 0 Å². The molecule has 0 amide bonds. The number of fused-ring (bicyclic) bond motifs is 1. The van der Waals surface area contributed by atoms with E-state index in [1.165, 1.54) is 17.2 Å². The van der Waals surface area contributed by atoms with Crippen molar-refractivity contribution in [1.29, 1.82) is 0 Å². The molecule has 3 rings (SSSR count). The third kappa shape index (κ3) is 2.65. The summed E-state index contributed by atoms with van der Waals surface area (Å²) in [4.78, 5) is 2.27. The molecule has 0 radical (unpaired) electrons. The Hall–Kier alpha value is -1.39. The molecule has 0 aromatic heterocycles. The molecule has 2 nitrogen and oxygen atoms in total. The normalized spacial score (nSPS) is 14.6. The van der Waals surface area contributed by atoms with Crippen molar-refractivity contribution in [1.82, 2.24) is 4.90 Å². The lowest BCUT2D eigenvalue weighted by Crippen LogP contribution is -2.15. The van der Waals surface area contributed by atoms with Crippen LogP contribution in [-0.4, -0.2) is 4.90 Å². The van der Waals surface area contributed by atoms with Crippen LogP contribution >= 0.6 is 15.9 Å². The summed E-state index contributed by atoms with van der Waals surface area (Å²) >= 11 is 3.32. The van der Waals surface area contributed by atoms with Crippen LogP contribution in [0.5, 0.6) is 0 Å². The van der Waals surface area contributed by atoms with E-state index in [4.69, 9.17) is 5.73 Å². The summed E-state index contributed by atoms with van der Waals surface area (Å²) in [5, 5.41) is 0. The molecule has 1 aliphatic heterocycles. The lowest BCUT2D eigenvalue weighted by Gasteiger charge is -2.15. The number of nitrogen functional groups attached to an aromatic ring is 1. The Morgan fingerprint density at radius 2 is 2.05 bits per heavy atom. The fourth-order valence-corrected chi connectivity index (χ4v) is 3.10. The average Bonchev–Trinajstić information content (AvgIpc) is 2.71. The standard InChI is InChI=1S/C15H14BrFN2/c16-12-4-10(5-13(17)6-12)7-19-8-11-2-1-3-15(18)14(11)9-19/h1-6H,7-9,18H2. The lowest BCUT2D eigenvalue weighted by molar-refractivity contribution is 0.275. The molecule has 0 unspecified atom stereocenters. The van der Waals surface area contributed by atoms with Crippen LogP contribution in [0.4, 0.5) is 10.1 Å². The highest BCUT2D eigenvalue weighted by Crippen LogP contribution is 2.29. The molecule has 0 aliphatic carbocycles. The van der Waals surface area contributed by atoms with Crippen LogP contribution in [0.3, 0.4) is 0 Å². The fraction of sp³-hybridized carbons (Fsp3) is 0.200. The summed E-state index contributed by atoms with van der Waals surface area (Å²) in [5.74, 6) is -0.208. The van der Waals surface area contributed by atoms with E-state index in [1.54, 1.807) is 6.07 Å². The number of benzene rings is 2. The second kappa shape index (κ2) is 4.94. The molecular weight excluding hydrogens is 307 g/mol. The highest BCUT2D eigenvalue weighted by Gasteiger charge is 2.20. The molecule has 0 bridgehead atoms. The SMILES string of the molecule is Nc1cccc2c1CN(Cc1cc(F)cc(Br)c1)C2. The molecule has 1 aliphatic rings. The van der Waals surface area contributed by atoms with Gasteiger partial charge in [0.1, 0.15) is 5.82 Å². The Morgan fingerprint density at radius 1 is 1.21 bits per heavy atom. The van der Waals surface area contributed by atoms with E-state index in [0.717, 1.165) is 35.4 Å². The largest absolute Gasteiger partial charge is 0.398 e. The van der Waals surface area contributed by atoms with Crippen LogP contribution < -0.4 is 5.73 Å². The topological polar surface area (TPSA) is 29.3 Å². The van der Waals surface area contributed by atoms with Gasteiger partial charge in [-0.25, -0.2) is 4.39 Å². The van der Waals surface area contributed by atoms with Crippen molar-refractivity contribution in [2.24, 2.45) is 0 Å². The van der Waals surface area contributed by atoms with Crippen LogP contribution in [0.25, 0.3) is 0 Å². The molecule has 0 fully saturated rings. The minimum Gasteiger partial charge on any atom is -0.398 e. The van der Waals surface area contributed by atoms with E-state index in [9.17, 15) is 4.39 Å². The fourth-order valence-electron chi connectivity index (χ4n) is 2.59. The smallest absolute Gasteiger partial charge is 0.124 e.